The van der Waals surface area contributed by atoms with Crippen LogP contribution in [0.1, 0.15) is 12.7 Å². The van der Waals surface area contributed by atoms with E-state index in [1.807, 2.05) is 0 Å². The molecule has 0 saturated heterocycles. The molecule has 0 spiro atoms. The second-order valence-electron chi connectivity index (χ2n) is 2.81. The summed E-state index contributed by atoms with van der Waals surface area (Å²) in [6.07, 6.45) is -3.21. The van der Waals surface area contributed by atoms with Gasteiger partial charge in [-0.15, -0.1) is 0 Å². The lowest BCUT2D eigenvalue weighted by Crippen LogP contribution is -2.20. The van der Waals surface area contributed by atoms with Crippen LogP contribution in [0.2, 0.25) is 0 Å². The molecule has 16 heavy (non-hydrogen) atoms. The molecule has 0 aromatic carbocycles. The Labute approximate surface area is 88.6 Å². The van der Waals surface area contributed by atoms with Gasteiger partial charge in [0.2, 0.25) is 5.88 Å². The quantitative estimate of drug-likeness (QED) is 0.491. The molecule has 0 aliphatic heterocycles. The molecule has 0 amide bonds. The van der Waals surface area contributed by atoms with Gasteiger partial charge in [0.25, 0.3) is 0 Å². The van der Waals surface area contributed by atoms with E-state index in [9.17, 15) is 13.2 Å². The highest BCUT2D eigenvalue weighted by Crippen LogP contribution is 2.16. The highest BCUT2D eigenvalue weighted by atomic mass is 19.4. The van der Waals surface area contributed by atoms with E-state index in [4.69, 9.17) is 5.21 Å². The molecule has 88 valence electrons. The minimum Gasteiger partial charge on any atom is -0.468 e. The Morgan fingerprint density at radius 3 is 2.81 bits per heavy atom. The highest BCUT2D eigenvalue weighted by Gasteiger charge is 2.28. The zero-order chi connectivity index (χ0) is 12.2. The van der Waals surface area contributed by atoms with E-state index in [-0.39, 0.29) is 17.4 Å². The summed E-state index contributed by atoms with van der Waals surface area (Å²) in [6, 6.07) is 1.18. The molecule has 1 N–H and O–H groups in total. The molecule has 1 rings (SSSR count). The highest BCUT2D eigenvalue weighted by molar-refractivity contribution is 5.94. The van der Waals surface area contributed by atoms with Gasteiger partial charge >= 0.3 is 6.18 Å². The van der Waals surface area contributed by atoms with E-state index in [1.54, 1.807) is 0 Å². The Morgan fingerprint density at radius 1 is 1.56 bits per heavy atom. The number of halogens is 3. The first-order valence-corrected chi connectivity index (χ1v) is 4.14. The zero-order valence-electron chi connectivity index (χ0n) is 8.19. The van der Waals surface area contributed by atoms with Crippen molar-refractivity contribution in [3.8, 4) is 5.88 Å². The minimum atomic E-state index is -4.43. The van der Waals surface area contributed by atoms with E-state index in [1.165, 1.54) is 19.2 Å². The van der Waals surface area contributed by atoms with Gasteiger partial charge in [0.05, 0.1) is 0 Å². The third kappa shape index (κ3) is 3.71. The van der Waals surface area contributed by atoms with E-state index in [0.717, 1.165) is 0 Å². The molecule has 1 heterocycles. The Kier molecular flexibility index (Phi) is 3.64. The Hall–Kier alpha value is -1.86. The summed E-state index contributed by atoms with van der Waals surface area (Å²) in [5.41, 5.74) is 0.0810. The molecule has 0 unspecified atom stereocenters. The van der Waals surface area contributed by atoms with Crippen LogP contribution in [0.4, 0.5) is 13.2 Å². The average Bonchev–Trinajstić information content (AvgIpc) is 2.25. The van der Waals surface area contributed by atoms with Crippen molar-refractivity contribution in [2.45, 2.75) is 13.1 Å². The Balaban J connectivity index is 2.76. The SMILES string of the molecule is CC(=NO)c1nccc(OCC(F)(F)F)n1. The summed E-state index contributed by atoms with van der Waals surface area (Å²) >= 11 is 0. The second-order valence-corrected chi connectivity index (χ2v) is 2.81. The van der Waals surface area contributed by atoms with Crippen molar-refractivity contribution >= 4 is 5.71 Å². The summed E-state index contributed by atoms with van der Waals surface area (Å²) in [7, 11) is 0. The number of hydrogen-bond donors (Lipinski definition) is 1. The van der Waals surface area contributed by atoms with Crippen LogP contribution < -0.4 is 4.74 Å². The molecule has 0 aliphatic carbocycles. The molecule has 8 heteroatoms. The van der Waals surface area contributed by atoms with Gasteiger partial charge in [0.1, 0.15) is 5.71 Å². The lowest BCUT2D eigenvalue weighted by atomic mass is 10.4. The maximum Gasteiger partial charge on any atom is 0.422 e. The van der Waals surface area contributed by atoms with Crippen LogP contribution in [0.15, 0.2) is 17.4 Å². The van der Waals surface area contributed by atoms with Crippen molar-refractivity contribution < 1.29 is 23.1 Å². The maximum absolute atomic E-state index is 11.8. The van der Waals surface area contributed by atoms with Crippen molar-refractivity contribution in [3.63, 3.8) is 0 Å². The number of nitrogens with zero attached hydrogens (tertiary/aromatic N) is 3. The molecule has 0 saturated carbocycles. The lowest BCUT2D eigenvalue weighted by Gasteiger charge is -2.08. The summed E-state index contributed by atoms with van der Waals surface area (Å²) in [5, 5.41) is 11.2. The fourth-order valence-corrected chi connectivity index (χ4v) is 0.797. The summed E-state index contributed by atoms with van der Waals surface area (Å²) in [4.78, 5) is 7.31. The molecule has 0 radical (unpaired) electrons. The number of ether oxygens (including phenoxy) is 1. The van der Waals surface area contributed by atoms with Crippen molar-refractivity contribution in [2.75, 3.05) is 6.61 Å². The molecule has 1 aromatic rings. The van der Waals surface area contributed by atoms with Gasteiger partial charge in [0, 0.05) is 12.3 Å². The molecule has 0 bridgehead atoms. The molecular weight excluding hydrogens is 227 g/mol. The summed E-state index contributed by atoms with van der Waals surface area (Å²) in [6.45, 7) is -0.0262. The predicted molar refractivity (Wildman–Crippen MR) is 47.6 cm³/mol. The van der Waals surface area contributed by atoms with Gasteiger partial charge in [-0.3, -0.25) is 0 Å². The molecule has 1 aromatic heterocycles. The van der Waals surface area contributed by atoms with Crippen molar-refractivity contribution in [3.05, 3.63) is 18.1 Å². The number of hydrogen-bond acceptors (Lipinski definition) is 5. The minimum absolute atomic E-state index is 0.00201. The molecular formula is C8H8F3N3O2. The van der Waals surface area contributed by atoms with Crippen molar-refractivity contribution in [2.24, 2.45) is 5.16 Å². The first-order chi connectivity index (χ1) is 7.42. The third-order valence-corrected chi connectivity index (χ3v) is 1.49. The number of aromatic nitrogens is 2. The monoisotopic (exact) mass is 235 g/mol. The van der Waals surface area contributed by atoms with Gasteiger partial charge in [-0.05, 0) is 6.92 Å². The topological polar surface area (TPSA) is 67.6 Å². The molecule has 0 atom stereocenters. The van der Waals surface area contributed by atoms with E-state index < -0.39 is 12.8 Å². The standard InChI is InChI=1S/C8H8F3N3O2/c1-5(14-15)7-12-3-2-6(13-7)16-4-8(9,10)11/h2-3,15H,4H2,1H3. The molecule has 5 nitrogen and oxygen atoms in total. The van der Waals surface area contributed by atoms with Gasteiger partial charge < -0.3 is 9.94 Å². The third-order valence-electron chi connectivity index (χ3n) is 1.49. The normalized spacial score (nSPS) is 12.6. The van der Waals surface area contributed by atoms with Crippen molar-refractivity contribution in [1.82, 2.24) is 9.97 Å². The summed E-state index contributed by atoms with van der Waals surface area (Å²) < 4.78 is 39.9. The van der Waals surface area contributed by atoms with Crippen LogP contribution in [-0.4, -0.2) is 33.7 Å². The second kappa shape index (κ2) is 4.77. The number of oxime groups is 1. The van der Waals surface area contributed by atoms with Gasteiger partial charge in [-0.2, -0.15) is 18.2 Å². The Morgan fingerprint density at radius 2 is 2.25 bits per heavy atom. The average molecular weight is 235 g/mol. The van der Waals surface area contributed by atoms with Crippen molar-refractivity contribution in [1.29, 1.82) is 0 Å². The van der Waals surface area contributed by atoms with Gasteiger partial charge in [-0.1, -0.05) is 5.16 Å². The first kappa shape index (κ1) is 12.2. The van der Waals surface area contributed by atoms with Crippen LogP contribution in [0.5, 0.6) is 5.88 Å². The largest absolute Gasteiger partial charge is 0.468 e. The van der Waals surface area contributed by atoms with Crippen LogP contribution in [0.3, 0.4) is 0 Å². The first-order valence-electron chi connectivity index (χ1n) is 4.14. The molecule has 0 aliphatic rings. The fourth-order valence-electron chi connectivity index (χ4n) is 0.797. The zero-order valence-corrected chi connectivity index (χ0v) is 8.19. The van der Waals surface area contributed by atoms with E-state index in [2.05, 4.69) is 19.9 Å². The predicted octanol–water partition coefficient (Wildman–Crippen LogP) is 1.62. The Bertz CT molecular complexity index is 392. The lowest BCUT2D eigenvalue weighted by molar-refractivity contribution is -0.154. The molecule has 0 fully saturated rings. The van der Waals surface area contributed by atoms with Crippen LogP contribution >= 0.6 is 0 Å². The van der Waals surface area contributed by atoms with Gasteiger partial charge in [0.15, 0.2) is 12.4 Å². The van der Waals surface area contributed by atoms with E-state index >= 15 is 0 Å². The van der Waals surface area contributed by atoms with Crippen LogP contribution in [0.25, 0.3) is 0 Å². The van der Waals surface area contributed by atoms with Crippen LogP contribution in [-0.2, 0) is 0 Å². The smallest absolute Gasteiger partial charge is 0.422 e. The fraction of sp³-hybridized carbons (Fsp3) is 0.375. The number of alkyl halides is 3. The van der Waals surface area contributed by atoms with Gasteiger partial charge in [-0.25, -0.2) is 4.98 Å². The summed E-state index contributed by atoms with van der Waals surface area (Å²) in [5.74, 6) is -0.229. The maximum atomic E-state index is 11.8. The van der Waals surface area contributed by atoms with E-state index in [0.29, 0.717) is 0 Å². The number of rotatable bonds is 3. The van der Waals surface area contributed by atoms with Crippen LogP contribution in [0, 0.1) is 0 Å².